The Balaban J connectivity index is 1.85. The summed E-state index contributed by atoms with van der Waals surface area (Å²) in [6, 6.07) is 4.08. The van der Waals surface area contributed by atoms with Gasteiger partial charge >= 0.3 is 0 Å². The van der Waals surface area contributed by atoms with Gasteiger partial charge in [0.25, 0.3) is 0 Å². The normalized spacial score (nSPS) is 40.5. The molecule has 11 heavy (non-hydrogen) atoms. The van der Waals surface area contributed by atoms with Gasteiger partial charge in [-0.25, -0.2) is 0 Å². The number of nitrogens with one attached hydrogen (secondary N) is 1. The fourth-order valence-electron chi connectivity index (χ4n) is 2.32. The smallest absolute Gasteiger partial charge is 0.107 e. The van der Waals surface area contributed by atoms with Crippen molar-refractivity contribution in [3.8, 4) is 0 Å². The van der Waals surface area contributed by atoms with Crippen LogP contribution in [-0.2, 0) is 0 Å². The molecule has 2 unspecified atom stereocenters. The minimum absolute atomic E-state index is 0.742. The number of fused-ring (bicyclic) bond motifs is 1. The van der Waals surface area contributed by atoms with E-state index in [0.29, 0.717) is 0 Å². The number of hydrogen-bond acceptors (Lipinski definition) is 2. The lowest BCUT2D eigenvalue weighted by molar-refractivity contribution is 0.487. The molecule has 1 aliphatic heterocycles. The third kappa shape index (κ3) is 0.703. The van der Waals surface area contributed by atoms with Gasteiger partial charge in [0.05, 0.1) is 6.26 Å². The molecule has 0 aromatic carbocycles. The second-order valence-electron chi connectivity index (χ2n) is 3.53. The van der Waals surface area contributed by atoms with Gasteiger partial charge in [0.1, 0.15) is 5.76 Å². The van der Waals surface area contributed by atoms with Crippen LogP contribution in [0, 0.1) is 11.8 Å². The quantitative estimate of drug-likeness (QED) is 0.649. The van der Waals surface area contributed by atoms with Gasteiger partial charge in [0, 0.05) is 5.92 Å². The Morgan fingerprint density at radius 2 is 2.18 bits per heavy atom. The number of hydrogen-bond donors (Lipinski definition) is 1. The van der Waals surface area contributed by atoms with Crippen molar-refractivity contribution in [1.82, 2.24) is 5.32 Å². The van der Waals surface area contributed by atoms with E-state index in [1.54, 1.807) is 6.26 Å². The summed E-state index contributed by atoms with van der Waals surface area (Å²) >= 11 is 0. The van der Waals surface area contributed by atoms with Crippen molar-refractivity contribution < 1.29 is 4.42 Å². The Kier molecular flexibility index (Phi) is 1.00. The molecule has 2 atom stereocenters. The highest BCUT2D eigenvalue weighted by Gasteiger charge is 2.54. The molecule has 0 spiro atoms. The topological polar surface area (TPSA) is 25.2 Å². The molecule has 2 heteroatoms. The molecule has 1 aromatic heterocycles. The van der Waals surface area contributed by atoms with Crippen molar-refractivity contribution >= 4 is 0 Å². The highest BCUT2D eigenvalue weighted by molar-refractivity contribution is 5.22. The number of furan rings is 1. The highest BCUT2D eigenvalue weighted by atomic mass is 16.3. The van der Waals surface area contributed by atoms with Crippen LogP contribution in [0.1, 0.15) is 11.7 Å². The minimum atomic E-state index is 0.742. The molecule has 2 fully saturated rings. The molecule has 0 bridgehead atoms. The predicted molar refractivity (Wildman–Crippen MR) is 41.3 cm³/mol. The van der Waals surface area contributed by atoms with E-state index in [-0.39, 0.29) is 0 Å². The van der Waals surface area contributed by atoms with Gasteiger partial charge in [-0.05, 0) is 37.1 Å². The molecular formula is C9H11NO. The van der Waals surface area contributed by atoms with Crippen molar-refractivity contribution in [3.63, 3.8) is 0 Å². The maximum Gasteiger partial charge on any atom is 0.107 e. The van der Waals surface area contributed by atoms with E-state index < -0.39 is 0 Å². The second kappa shape index (κ2) is 1.89. The van der Waals surface area contributed by atoms with Gasteiger partial charge in [0.2, 0.25) is 0 Å². The van der Waals surface area contributed by atoms with Crippen LogP contribution in [-0.4, -0.2) is 13.1 Å². The summed E-state index contributed by atoms with van der Waals surface area (Å²) in [6.45, 7) is 2.38. The zero-order valence-corrected chi connectivity index (χ0v) is 6.29. The third-order valence-electron chi connectivity index (χ3n) is 2.96. The van der Waals surface area contributed by atoms with Gasteiger partial charge < -0.3 is 9.73 Å². The van der Waals surface area contributed by atoms with Crippen LogP contribution >= 0.6 is 0 Å². The minimum Gasteiger partial charge on any atom is -0.469 e. The van der Waals surface area contributed by atoms with Crippen molar-refractivity contribution in [2.24, 2.45) is 11.8 Å². The van der Waals surface area contributed by atoms with Gasteiger partial charge in [-0.2, -0.15) is 0 Å². The molecule has 1 saturated heterocycles. The lowest BCUT2D eigenvalue weighted by Crippen LogP contribution is -2.13. The lowest BCUT2D eigenvalue weighted by Gasteiger charge is -1.99. The first-order valence-electron chi connectivity index (χ1n) is 4.21. The molecule has 3 rings (SSSR count). The Morgan fingerprint density at radius 3 is 2.82 bits per heavy atom. The van der Waals surface area contributed by atoms with Crippen LogP contribution in [0.2, 0.25) is 0 Å². The van der Waals surface area contributed by atoms with Crippen LogP contribution in [0.4, 0.5) is 0 Å². The summed E-state index contributed by atoms with van der Waals surface area (Å²) in [5.41, 5.74) is 0. The average molecular weight is 149 g/mol. The molecule has 2 aliphatic rings. The Morgan fingerprint density at radius 1 is 1.36 bits per heavy atom. The van der Waals surface area contributed by atoms with E-state index in [1.807, 2.05) is 6.07 Å². The second-order valence-corrected chi connectivity index (χ2v) is 3.53. The lowest BCUT2D eigenvalue weighted by atomic mass is 10.2. The summed E-state index contributed by atoms with van der Waals surface area (Å²) in [5, 5.41) is 3.37. The van der Waals surface area contributed by atoms with Gasteiger partial charge in [-0.3, -0.25) is 0 Å². The molecular weight excluding hydrogens is 138 g/mol. The molecule has 1 aromatic rings. The molecule has 2 nitrogen and oxygen atoms in total. The highest BCUT2D eigenvalue weighted by Crippen LogP contribution is 2.55. The first-order valence-corrected chi connectivity index (χ1v) is 4.21. The van der Waals surface area contributed by atoms with E-state index in [4.69, 9.17) is 4.42 Å². The summed E-state index contributed by atoms with van der Waals surface area (Å²) in [4.78, 5) is 0. The monoisotopic (exact) mass is 149 g/mol. The Hall–Kier alpha value is -0.760. The maximum atomic E-state index is 5.37. The van der Waals surface area contributed by atoms with Crippen LogP contribution in [0.3, 0.4) is 0 Å². The maximum absolute atomic E-state index is 5.37. The Labute approximate surface area is 65.6 Å². The first-order chi connectivity index (χ1) is 5.47. The van der Waals surface area contributed by atoms with Gasteiger partial charge in [0.15, 0.2) is 0 Å². The zero-order chi connectivity index (χ0) is 7.26. The molecule has 0 amide bonds. The summed E-state index contributed by atoms with van der Waals surface area (Å²) < 4.78 is 5.37. The van der Waals surface area contributed by atoms with Gasteiger partial charge in [-0.15, -0.1) is 0 Å². The molecule has 1 N–H and O–H groups in total. The SMILES string of the molecule is c1coc(C2C3CNCC32)c1. The summed E-state index contributed by atoms with van der Waals surface area (Å²) in [6.07, 6.45) is 1.77. The van der Waals surface area contributed by atoms with E-state index in [9.17, 15) is 0 Å². The first kappa shape index (κ1) is 5.84. The molecule has 0 radical (unpaired) electrons. The van der Waals surface area contributed by atoms with Crippen molar-refractivity contribution in [1.29, 1.82) is 0 Å². The largest absolute Gasteiger partial charge is 0.469 e. The zero-order valence-electron chi connectivity index (χ0n) is 6.29. The van der Waals surface area contributed by atoms with Crippen molar-refractivity contribution in [2.45, 2.75) is 5.92 Å². The van der Waals surface area contributed by atoms with E-state index in [1.165, 1.54) is 18.8 Å². The van der Waals surface area contributed by atoms with Crippen molar-refractivity contribution in [2.75, 3.05) is 13.1 Å². The molecule has 1 saturated carbocycles. The van der Waals surface area contributed by atoms with Crippen molar-refractivity contribution in [3.05, 3.63) is 24.2 Å². The van der Waals surface area contributed by atoms with Crippen LogP contribution in [0.25, 0.3) is 0 Å². The third-order valence-corrected chi connectivity index (χ3v) is 2.96. The number of rotatable bonds is 1. The fraction of sp³-hybridized carbons (Fsp3) is 0.556. The average Bonchev–Trinajstić information content (AvgIpc) is 2.57. The fourth-order valence-corrected chi connectivity index (χ4v) is 2.32. The Bertz CT molecular complexity index is 245. The van der Waals surface area contributed by atoms with Crippen LogP contribution in [0.5, 0.6) is 0 Å². The van der Waals surface area contributed by atoms with E-state index in [2.05, 4.69) is 11.4 Å². The van der Waals surface area contributed by atoms with Crippen LogP contribution in [0.15, 0.2) is 22.8 Å². The molecule has 2 heterocycles. The predicted octanol–water partition coefficient (Wildman–Crippen LogP) is 1.21. The van der Waals surface area contributed by atoms with Gasteiger partial charge in [-0.1, -0.05) is 0 Å². The molecule has 1 aliphatic carbocycles. The molecule has 58 valence electrons. The summed E-state index contributed by atoms with van der Waals surface area (Å²) in [7, 11) is 0. The van der Waals surface area contributed by atoms with Crippen LogP contribution < -0.4 is 5.32 Å². The standard InChI is InChI=1S/C9H11NO/c1-2-8(11-3-1)9-6-4-10-5-7(6)9/h1-3,6-7,9-10H,4-5H2. The summed E-state index contributed by atoms with van der Waals surface area (Å²) in [5.74, 6) is 3.69. The number of piperidine rings is 1. The van der Waals surface area contributed by atoms with E-state index in [0.717, 1.165) is 17.8 Å². The van der Waals surface area contributed by atoms with E-state index >= 15 is 0 Å².